The minimum Gasteiger partial charge on any atom is -0.491 e. The molecule has 0 fully saturated rings. The van der Waals surface area contributed by atoms with Crippen LogP contribution in [-0.4, -0.2) is 17.2 Å². The molecule has 0 bridgehead atoms. The molecule has 3 heteroatoms. The minimum atomic E-state index is -0.833. The van der Waals surface area contributed by atoms with Crippen LogP contribution in [0, 0.1) is 0 Å². The first-order chi connectivity index (χ1) is 7.06. The van der Waals surface area contributed by atoms with Crippen LogP contribution in [0.2, 0.25) is 0 Å². The van der Waals surface area contributed by atoms with Gasteiger partial charge in [-0.05, 0) is 25.5 Å². The van der Waals surface area contributed by atoms with Gasteiger partial charge in [0, 0.05) is 6.92 Å². The summed E-state index contributed by atoms with van der Waals surface area (Å²) in [4.78, 5) is 9.00. The van der Waals surface area contributed by atoms with E-state index in [-0.39, 0.29) is 0 Å². The van der Waals surface area contributed by atoms with Gasteiger partial charge in [0.1, 0.15) is 5.75 Å². The van der Waals surface area contributed by atoms with Crippen molar-refractivity contribution in [1.82, 2.24) is 0 Å². The van der Waals surface area contributed by atoms with Crippen LogP contribution in [0.25, 0.3) is 0 Å². The largest absolute Gasteiger partial charge is 0.491 e. The second kappa shape index (κ2) is 7.85. The van der Waals surface area contributed by atoms with Crippen LogP contribution < -0.4 is 4.74 Å². The second-order valence-electron chi connectivity index (χ2n) is 3.17. The molecule has 0 radical (unpaired) electrons. The van der Waals surface area contributed by atoms with Gasteiger partial charge in [-0.3, -0.25) is 4.79 Å². The molecule has 1 unspecified atom stereocenters. The van der Waals surface area contributed by atoms with Crippen molar-refractivity contribution >= 4 is 5.97 Å². The van der Waals surface area contributed by atoms with Gasteiger partial charge in [0.15, 0.2) is 0 Å². The SMILES string of the molecule is CC(=O)O.CCC(C)Oc1ccccc1. The van der Waals surface area contributed by atoms with E-state index in [1.165, 1.54) is 0 Å². The zero-order chi connectivity index (χ0) is 11.7. The summed E-state index contributed by atoms with van der Waals surface area (Å²) in [6.07, 6.45) is 1.37. The van der Waals surface area contributed by atoms with Crippen LogP contribution in [0.4, 0.5) is 0 Å². The lowest BCUT2D eigenvalue weighted by Crippen LogP contribution is -2.09. The Bertz CT molecular complexity index is 265. The zero-order valence-corrected chi connectivity index (χ0v) is 9.43. The standard InChI is InChI=1S/C10H14O.C2H4O2/c1-3-9(2)11-10-7-5-4-6-8-10;1-2(3)4/h4-9H,3H2,1-2H3;1H3,(H,3,4). The third kappa shape index (κ3) is 8.81. The highest BCUT2D eigenvalue weighted by atomic mass is 16.5. The second-order valence-corrected chi connectivity index (χ2v) is 3.17. The molecule has 0 aliphatic heterocycles. The van der Waals surface area contributed by atoms with Gasteiger partial charge < -0.3 is 9.84 Å². The lowest BCUT2D eigenvalue weighted by Gasteiger charge is -2.11. The zero-order valence-electron chi connectivity index (χ0n) is 9.43. The van der Waals surface area contributed by atoms with Crippen molar-refractivity contribution in [2.24, 2.45) is 0 Å². The average molecular weight is 210 g/mol. The number of aliphatic carboxylic acids is 1. The maximum atomic E-state index is 9.00. The summed E-state index contributed by atoms with van der Waals surface area (Å²) in [5.74, 6) is 0.127. The normalized spacial score (nSPS) is 10.9. The molecule has 0 aromatic heterocycles. The molecule has 0 amide bonds. The number of rotatable bonds is 3. The Labute approximate surface area is 90.7 Å². The van der Waals surface area contributed by atoms with Crippen molar-refractivity contribution in [3.8, 4) is 5.75 Å². The highest BCUT2D eigenvalue weighted by Gasteiger charge is 1.97. The van der Waals surface area contributed by atoms with Crippen LogP contribution >= 0.6 is 0 Å². The molecule has 0 aliphatic carbocycles. The quantitative estimate of drug-likeness (QED) is 0.834. The summed E-state index contributed by atoms with van der Waals surface area (Å²) < 4.78 is 5.56. The number of carbonyl (C=O) groups is 1. The Morgan fingerprint density at radius 2 is 1.87 bits per heavy atom. The van der Waals surface area contributed by atoms with Gasteiger partial charge in [-0.1, -0.05) is 25.1 Å². The van der Waals surface area contributed by atoms with E-state index in [2.05, 4.69) is 13.8 Å². The van der Waals surface area contributed by atoms with Crippen molar-refractivity contribution < 1.29 is 14.6 Å². The third-order valence-corrected chi connectivity index (χ3v) is 1.66. The molecular weight excluding hydrogens is 192 g/mol. The Kier molecular flexibility index (Phi) is 7.06. The first-order valence-corrected chi connectivity index (χ1v) is 4.97. The van der Waals surface area contributed by atoms with Crippen LogP contribution in [-0.2, 0) is 4.79 Å². The smallest absolute Gasteiger partial charge is 0.300 e. The van der Waals surface area contributed by atoms with E-state index in [1.807, 2.05) is 30.3 Å². The van der Waals surface area contributed by atoms with E-state index in [9.17, 15) is 0 Å². The van der Waals surface area contributed by atoms with E-state index < -0.39 is 5.97 Å². The Balaban J connectivity index is 0.000000423. The summed E-state index contributed by atoms with van der Waals surface area (Å²) in [6, 6.07) is 9.91. The van der Waals surface area contributed by atoms with Gasteiger partial charge in [-0.15, -0.1) is 0 Å². The fourth-order valence-corrected chi connectivity index (χ4v) is 0.815. The molecule has 3 nitrogen and oxygen atoms in total. The lowest BCUT2D eigenvalue weighted by atomic mass is 10.3. The third-order valence-electron chi connectivity index (χ3n) is 1.66. The van der Waals surface area contributed by atoms with Gasteiger partial charge >= 0.3 is 0 Å². The van der Waals surface area contributed by atoms with Crippen molar-refractivity contribution in [3.05, 3.63) is 30.3 Å². The van der Waals surface area contributed by atoms with Crippen LogP contribution in [0.3, 0.4) is 0 Å². The van der Waals surface area contributed by atoms with Gasteiger partial charge in [-0.25, -0.2) is 0 Å². The number of para-hydroxylation sites is 1. The lowest BCUT2D eigenvalue weighted by molar-refractivity contribution is -0.134. The van der Waals surface area contributed by atoms with Crippen molar-refractivity contribution in [2.45, 2.75) is 33.3 Å². The molecule has 0 saturated carbocycles. The predicted octanol–water partition coefficient (Wildman–Crippen LogP) is 2.95. The summed E-state index contributed by atoms with van der Waals surface area (Å²) >= 11 is 0. The van der Waals surface area contributed by atoms with Crippen molar-refractivity contribution in [2.75, 3.05) is 0 Å². The van der Waals surface area contributed by atoms with Gasteiger partial charge in [0.25, 0.3) is 5.97 Å². The molecule has 1 rings (SSSR count). The maximum Gasteiger partial charge on any atom is 0.300 e. The molecular formula is C12H18O3. The monoisotopic (exact) mass is 210 g/mol. The Morgan fingerprint density at radius 3 is 2.27 bits per heavy atom. The van der Waals surface area contributed by atoms with Crippen LogP contribution in [0.1, 0.15) is 27.2 Å². The molecule has 0 heterocycles. The van der Waals surface area contributed by atoms with E-state index in [0.29, 0.717) is 6.10 Å². The van der Waals surface area contributed by atoms with E-state index in [1.54, 1.807) is 0 Å². The summed E-state index contributed by atoms with van der Waals surface area (Å²) in [5.41, 5.74) is 0. The van der Waals surface area contributed by atoms with Crippen molar-refractivity contribution in [1.29, 1.82) is 0 Å². The number of carboxylic acids is 1. The number of ether oxygens (including phenoxy) is 1. The summed E-state index contributed by atoms with van der Waals surface area (Å²) in [5, 5.41) is 7.42. The van der Waals surface area contributed by atoms with Gasteiger partial charge in [0.05, 0.1) is 6.10 Å². The Hall–Kier alpha value is -1.51. The molecule has 0 spiro atoms. The van der Waals surface area contributed by atoms with Crippen LogP contribution in [0.15, 0.2) is 30.3 Å². The highest BCUT2D eigenvalue weighted by molar-refractivity contribution is 5.62. The van der Waals surface area contributed by atoms with E-state index in [4.69, 9.17) is 14.6 Å². The predicted molar refractivity (Wildman–Crippen MR) is 60.1 cm³/mol. The molecule has 1 N–H and O–H groups in total. The first kappa shape index (κ1) is 13.5. The molecule has 84 valence electrons. The summed E-state index contributed by atoms with van der Waals surface area (Å²) in [7, 11) is 0. The minimum absolute atomic E-state index is 0.317. The number of benzene rings is 1. The fraction of sp³-hybridized carbons (Fsp3) is 0.417. The number of carboxylic acid groups (broad SMARTS) is 1. The number of hydrogen-bond donors (Lipinski definition) is 1. The summed E-state index contributed by atoms with van der Waals surface area (Å²) in [6.45, 7) is 5.28. The van der Waals surface area contributed by atoms with Gasteiger partial charge in [0.2, 0.25) is 0 Å². The maximum absolute atomic E-state index is 9.00. The highest BCUT2D eigenvalue weighted by Crippen LogP contribution is 2.11. The topological polar surface area (TPSA) is 46.5 Å². The first-order valence-electron chi connectivity index (χ1n) is 4.97. The molecule has 15 heavy (non-hydrogen) atoms. The average Bonchev–Trinajstić information content (AvgIpc) is 2.18. The molecule has 0 saturated heterocycles. The van der Waals surface area contributed by atoms with Crippen molar-refractivity contribution in [3.63, 3.8) is 0 Å². The number of hydrogen-bond acceptors (Lipinski definition) is 2. The molecule has 0 aliphatic rings. The molecule has 1 aromatic rings. The fourth-order valence-electron chi connectivity index (χ4n) is 0.815. The van der Waals surface area contributed by atoms with E-state index >= 15 is 0 Å². The molecule has 1 aromatic carbocycles. The Morgan fingerprint density at radius 1 is 1.40 bits per heavy atom. The van der Waals surface area contributed by atoms with Crippen LogP contribution in [0.5, 0.6) is 5.75 Å². The molecule has 1 atom stereocenters. The van der Waals surface area contributed by atoms with E-state index in [0.717, 1.165) is 19.1 Å². The van der Waals surface area contributed by atoms with Gasteiger partial charge in [-0.2, -0.15) is 0 Å².